The molecule has 0 amide bonds. The van der Waals surface area contributed by atoms with Gasteiger partial charge < -0.3 is 25.4 Å². The molecule has 1 fully saturated rings. The fourth-order valence-corrected chi connectivity index (χ4v) is 4.48. The first-order chi connectivity index (χ1) is 15.5. The summed E-state index contributed by atoms with van der Waals surface area (Å²) >= 11 is 1.56. The molecule has 0 spiro atoms. The molecule has 4 N–H and O–H groups in total. The summed E-state index contributed by atoms with van der Waals surface area (Å²) < 4.78 is 7.46. The van der Waals surface area contributed by atoms with Crippen LogP contribution < -0.4 is 5.32 Å². The highest BCUT2D eigenvalue weighted by atomic mass is 32.2. The monoisotopic (exact) mass is 459 g/mol. The lowest BCUT2D eigenvalue weighted by Crippen LogP contribution is -2.33. The molecule has 9 nitrogen and oxygen atoms in total. The van der Waals surface area contributed by atoms with Crippen LogP contribution in [0, 0.1) is 5.92 Å². The molecule has 4 rings (SSSR count). The number of aliphatic hydroxyl groups is 3. The average molecular weight is 460 g/mol. The summed E-state index contributed by atoms with van der Waals surface area (Å²) in [5.74, 6) is 1.62. The molecule has 1 aliphatic heterocycles. The number of nitrogens with zero attached hydrogens (tertiary/aromatic N) is 4. The maximum absolute atomic E-state index is 10.6. The Morgan fingerprint density at radius 3 is 2.66 bits per heavy atom. The van der Waals surface area contributed by atoms with Gasteiger partial charge in [0.2, 0.25) is 5.95 Å². The third-order valence-electron chi connectivity index (χ3n) is 5.74. The fraction of sp³-hybridized carbons (Fsp3) is 0.500. The topological polar surface area (TPSA) is 126 Å². The number of rotatable bonds is 9. The van der Waals surface area contributed by atoms with Gasteiger partial charge in [0.25, 0.3) is 0 Å². The standard InChI is InChI=1S/C22H29N5O4S/c1-3-13(2)9-23-22-26-16-19(27(22)21-18(30)17(29)15(10-28)31-21)24-12-25-20(16)32-11-14-7-5-4-6-8-14/h4-8,12-13,15,17-18,21,28-30H,3,9-11H2,1-2H3,(H,23,26). The Bertz CT molecular complexity index is 1030. The third kappa shape index (κ3) is 4.60. The van der Waals surface area contributed by atoms with Crippen LogP contribution in [0.5, 0.6) is 0 Å². The van der Waals surface area contributed by atoms with Gasteiger partial charge in [-0.2, -0.15) is 0 Å². The predicted octanol–water partition coefficient (Wildman–Crippen LogP) is 2.19. The number of aliphatic hydroxyl groups excluding tert-OH is 3. The van der Waals surface area contributed by atoms with Crippen molar-refractivity contribution in [2.24, 2.45) is 5.92 Å². The van der Waals surface area contributed by atoms with Crippen LogP contribution in [0.2, 0.25) is 0 Å². The lowest BCUT2D eigenvalue weighted by molar-refractivity contribution is -0.0501. The van der Waals surface area contributed by atoms with E-state index in [0.29, 0.717) is 29.6 Å². The van der Waals surface area contributed by atoms with E-state index < -0.39 is 31.1 Å². The Morgan fingerprint density at radius 2 is 1.97 bits per heavy atom. The number of fused-ring (bicyclic) bond motifs is 1. The second-order valence-corrected chi connectivity index (χ2v) is 9.02. The van der Waals surface area contributed by atoms with Gasteiger partial charge in [-0.05, 0) is 11.5 Å². The van der Waals surface area contributed by atoms with E-state index in [0.717, 1.165) is 17.2 Å². The van der Waals surface area contributed by atoms with Gasteiger partial charge in [-0.15, -0.1) is 0 Å². The summed E-state index contributed by atoms with van der Waals surface area (Å²) in [6.45, 7) is 4.53. The SMILES string of the molecule is CCC(C)CNc1nc2c(SCc3ccccc3)ncnc2n1C1OC(CO)C(O)C1O. The first-order valence-electron chi connectivity index (χ1n) is 10.8. The van der Waals surface area contributed by atoms with Crippen LogP contribution in [0.15, 0.2) is 41.7 Å². The minimum Gasteiger partial charge on any atom is -0.394 e. The molecule has 5 atom stereocenters. The molecule has 2 aromatic heterocycles. The number of thioether (sulfide) groups is 1. The van der Waals surface area contributed by atoms with Gasteiger partial charge in [0.15, 0.2) is 11.9 Å². The molecule has 32 heavy (non-hydrogen) atoms. The van der Waals surface area contributed by atoms with Gasteiger partial charge in [0.1, 0.15) is 35.2 Å². The molecular weight excluding hydrogens is 430 g/mol. The molecular formula is C22H29N5O4S. The second-order valence-electron chi connectivity index (χ2n) is 8.05. The summed E-state index contributed by atoms with van der Waals surface area (Å²) in [6.07, 6.45) is -1.80. The van der Waals surface area contributed by atoms with Gasteiger partial charge in [-0.3, -0.25) is 4.57 Å². The predicted molar refractivity (Wildman–Crippen MR) is 122 cm³/mol. The molecule has 1 aliphatic rings. The first kappa shape index (κ1) is 22.9. The minimum atomic E-state index is -1.23. The average Bonchev–Trinajstić information content (AvgIpc) is 3.33. The van der Waals surface area contributed by atoms with Crippen LogP contribution in [0.25, 0.3) is 11.2 Å². The van der Waals surface area contributed by atoms with Crippen molar-refractivity contribution in [3.05, 3.63) is 42.2 Å². The molecule has 3 heterocycles. The van der Waals surface area contributed by atoms with Crippen LogP contribution in [-0.4, -0.2) is 66.3 Å². The summed E-state index contributed by atoms with van der Waals surface area (Å²) in [6, 6.07) is 10.1. The number of nitrogens with one attached hydrogen (secondary N) is 1. The van der Waals surface area contributed by atoms with Crippen molar-refractivity contribution in [2.45, 2.75) is 55.6 Å². The van der Waals surface area contributed by atoms with Gasteiger partial charge >= 0.3 is 0 Å². The largest absolute Gasteiger partial charge is 0.394 e. The summed E-state index contributed by atoms with van der Waals surface area (Å²) in [5.41, 5.74) is 2.26. The Morgan fingerprint density at radius 1 is 1.19 bits per heavy atom. The number of hydrogen-bond acceptors (Lipinski definition) is 9. The zero-order valence-corrected chi connectivity index (χ0v) is 18.9. The normalized spacial score (nSPS) is 24.2. The Labute approximate surface area is 190 Å². The Balaban J connectivity index is 1.71. The molecule has 0 aliphatic carbocycles. The third-order valence-corrected chi connectivity index (χ3v) is 6.79. The highest BCUT2D eigenvalue weighted by molar-refractivity contribution is 7.98. The van der Waals surface area contributed by atoms with Gasteiger partial charge in [-0.1, -0.05) is 62.4 Å². The van der Waals surface area contributed by atoms with E-state index in [1.54, 1.807) is 16.3 Å². The Hall–Kier alpha value is -2.24. The van der Waals surface area contributed by atoms with Crippen LogP contribution in [0.3, 0.4) is 0 Å². The first-order valence-corrected chi connectivity index (χ1v) is 11.8. The van der Waals surface area contributed by atoms with E-state index in [1.807, 2.05) is 18.2 Å². The van der Waals surface area contributed by atoms with E-state index in [9.17, 15) is 15.3 Å². The zero-order chi connectivity index (χ0) is 22.7. The number of imidazole rings is 1. The second kappa shape index (κ2) is 10.1. The van der Waals surface area contributed by atoms with Crippen molar-refractivity contribution in [3.8, 4) is 0 Å². The smallest absolute Gasteiger partial charge is 0.207 e. The van der Waals surface area contributed by atoms with Crippen LogP contribution in [0.4, 0.5) is 5.95 Å². The number of benzene rings is 1. The fourth-order valence-electron chi connectivity index (χ4n) is 3.59. The van der Waals surface area contributed by atoms with Crippen LogP contribution in [-0.2, 0) is 10.5 Å². The van der Waals surface area contributed by atoms with Gasteiger partial charge in [-0.25, -0.2) is 15.0 Å². The van der Waals surface area contributed by atoms with Crippen molar-refractivity contribution < 1.29 is 20.1 Å². The van der Waals surface area contributed by atoms with Crippen LogP contribution in [0.1, 0.15) is 32.1 Å². The summed E-state index contributed by atoms with van der Waals surface area (Å²) in [4.78, 5) is 13.6. The molecule has 5 unspecified atom stereocenters. The quantitative estimate of drug-likeness (QED) is 0.281. The number of ether oxygens (including phenoxy) is 1. The molecule has 1 aromatic carbocycles. The minimum absolute atomic E-state index is 0.399. The molecule has 3 aromatic rings. The summed E-state index contributed by atoms with van der Waals surface area (Å²) in [5, 5.41) is 34.5. The number of hydrogen-bond donors (Lipinski definition) is 4. The molecule has 172 valence electrons. The van der Waals surface area contributed by atoms with Crippen molar-refractivity contribution in [3.63, 3.8) is 0 Å². The lowest BCUT2D eigenvalue weighted by Gasteiger charge is -2.20. The maximum atomic E-state index is 10.6. The zero-order valence-electron chi connectivity index (χ0n) is 18.1. The van der Waals surface area contributed by atoms with Crippen molar-refractivity contribution in [2.75, 3.05) is 18.5 Å². The van der Waals surface area contributed by atoms with Crippen molar-refractivity contribution in [1.82, 2.24) is 19.5 Å². The van der Waals surface area contributed by atoms with Crippen LogP contribution >= 0.6 is 11.8 Å². The number of aromatic nitrogens is 4. The van der Waals surface area contributed by atoms with Gasteiger partial charge in [0, 0.05) is 12.3 Å². The summed E-state index contributed by atoms with van der Waals surface area (Å²) in [7, 11) is 0. The molecule has 0 saturated carbocycles. The molecule has 10 heteroatoms. The Kier molecular flexibility index (Phi) is 7.27. The van der Waals surface area contributed by atoms with Crippen molar-refractivity contribution >= 4 is 28.9 Å². The van der Waals surface area contributed by atoms with Crippen molar-refractivity contribution in [1.29, 1.82) is 0 Å². The lowest BCUT2D eigenvalue weighted by atomic mass is 10.1. The van der Waals surface area contributed by atoms with Gasteiger partial charge in [0.05, 0.1) is 6.61 Å². The highest BCUT2D eigenvalue weighted by Gasteiger charge is 2.45. The van der Waals surface area contributed by atoms with E-state index in [-0.39, 0.29) is 0 Å². The van der Waals surface area contributed by atoms with E-state index >= 15 is 0 Å². The molecule has 0 bridgehead atoms. The maximum Gasteiger partial charge on any atom is 0.207 e. The highest BCUT2D eigenvalue weighted by Crippen LogP contribution is 2.36. The molecule has 1 saturated heterocycles. The van der Waals surface area contributed by atoms with E-state index in [1.165, 1.54) is 11.9 Å². The molecule has 0 radical (unpaired) electrons. The number of anilines is 1. The van der Waals surface area contributed by atoms with E-state index in [2.05, 4.69) is 41.3 Å². The van der Waals surface area contributed by atoms with E-state index in [4.69, 9.17) is 9.72 Å².